The molecule has 2 aromatic heterocycles. The molecule has 0 radical (unpaired) electrons. The Morgan fingerprint density at radius 1 is 1.19 bits per heavy atom. The second-order valence-corrected chi connectivity index (χ2v) is 7.80. The summed E-state index contributed by atoms with van der Waals surface area (Å²) in [4.78, 5) is 20.6. The lowest BCUT2D eigenvalue weighted by Gasteiger charge is -2.19. The summed E-state index contributed by atoms with van der Waals surface area (Å²) in [6.45, 7) is 5.64. The van der Waals surface area contributed by atoms with Gasteiger partial charge in [0.25, 0.3) is 0 Å². The molecule has 0 saturated heterocycles. The lowest BCUT2D eigenvalue weighted by Crippen LogP contribution is -2.26. The third-order valence-electron chi connectivity index (χ3n) is 3.73. The Balaban J connectivity index is 1.76. The zero-order valence-electron chi connectivity index (χ0n) is 15.1. The lowest BCUT2D eigenvalue weighted by atomic mass is 10.1. The molecule has 26 heavy (non-hydrogen) atoms. The molecule has 3 aromatic rings. The van der Waals surface area contributed by atoms with Crippen molar-refractivity contribution in [3.8, 4) is 0 Å². The first kappa shape index (κ1) is 18.5. The number of carbonyl (C=O) groups is 1. The van der Waals surface area contributed by atoms with Crippen molar-refractivity contribution >= 4 is 32.8 Å². The summed E-state index contributed by atoms with van der Waals surface area (Å²) >= 11 is 3.49. The summed E-state index contributed by atoms with van der Waals surface area (Å²) in [5, 5.41) is 5.40. The van der Waals surface area contributed by atoms with Crippen LogP contribution in [0.2, 0.25) is 0 Å². The van der Waals surface area contributed by atoms with Gasteiger partial charge in [0.05, 0.1) is 5.52 Å². The van der Waals surface area contributed by atoms with Gasteiger partial charge in [-0.1, -0.05) is 6.07 Å². The molecule has 0 N–H and O–H groups in total. The largest absolute Gasteiger partial charge is 0.459 e. The second-order valence-electron chi connectivity index (χ2n) is 7.05. The van der Waals surface area contributed by atoms with Crippen LogP contribution in [0.15, 0.2) is 41.3 Å². The lowest BCUT2D eigenvalue weighted by molar-refractivity contribution is -0.155. The van der Waals surface area contributed by atoms with Crippen LogP contribution in [0, 0.1) is 0 Å². The maximum atomic E-state index is 12.1. The van der Waals surface area contributed by atoms with Gasteiger partial charge in [0.15, 0.2) is 0 Å². The summed E-state index contributed by atoms with van der Waals surface area (Å²) in [6.07, 6.45) is 5.12. The number of hydrogen-bond acceptors (Lipinski definition) is 5. The minimum atomic E-state index is -0.510. The fourth-order valence-electron chi connectivity index (χ4n) is 2.67. The molecule has 1 aromatic carbocycles. The van der Waals surface area contributed by atoms with Crippen molar-refractivity contribution in [2.75, 3.05) is 0 Å². The number of hydrogen-bond donors (Lipinski definition) is 0. The predicted molar refractivity (Wildman–Crippen MR) is 103 cm³/mol. The van der Waals surface area contributed by atoms with Gasteiger partial charge in [-0.2, -0.15) is 5.10 Å². The number of aromatic nitrogens is 4. The molecular formula is C19H21BrN4O2. The molecule has 0 spiro atoms. The quantitative estimate of drug-likeness (QED) is 0.592. The Kier molecular flexibility index (Phi) is 5.36. The van der Waals surface area contributed by atoms with Crippen molar-refractivity contribution in [3.63, 3.8) is 0 Å². The van der Waals surface area contributed by atoms with Crippen molar-refractivity contribution < 1.29 is 9.53 Å². The SMILES string of the molecule is CC(C)(C)OC(=O)Cn1nc(Br)c2cc(CCc3ncccn3)ccc21. The first-order valence-corrected chi connectivity index (χ1v) is 9.24. The molecule has 0 atom stereocenters. The fraction of sp³-hybridized carbons (Fsp3) is 0.368. The first-order valence-electron chi connectivity index (χ1n) is 8.44. The van der Waals surface area contributed by atoms with Gasteiger partial charge in [0.1, 0.15) is 22.6 Å². The van der Waals surface area contributed by atoms with Crippen LogP contribution in [0.1, 0.15) is 32.2 Å². The molecule has 7 heteroatoms. The molecule has 2 heterocycles. The molecular weight excluding hydrogens is 396 g/mol. The van der Waals surface area contributed by atoms with Crippen LogP contribution in [0.4, 0.5) is 0 Å². The van der Waals surface area contributed by atoms with Gasteiger partial charge >= 0.3 is 5.97 Å². The van der Waals surface area contributed by atoms with Gasteiger partial charge in [-0.05, 0) is 66.9 Å². The summed E-state index contributed by atoms with van der Waals surface area (Å²) in [6, 6.07) is 7.93. The Hall–Kier alpha value is -2.28. The van der Waals surface area contributed by atoms with E-state index in [9.17, 15) is 4.79 Å². The molecule has 6 nitrogen and oxygen atoms in total. The van der Waals surface area contributed by atoms with E-state index in [1.165, 1.54) is 5.56 Å². The van der Waals surface area contributed by atoms with E-state index < -0.39 is 5.60 Å². The summed E-state index contributed by atoms with van der Waals surface area (Å²) < 4.78 is 7.76. The Labute approximate surface area is 160 Å². The molecule has 3 rings (SSSR count). The van der Waals surface area contributed by atoms with Crippen molar-refractivity contribution in [2.45, 2.75) is 45.8 Å². The normalized spacial score (nSPS) is 11.7. The van der Waals surface area contributed by atoms with Gasteiger partial charge < -0.3 is 4.74 Å². The highest BCUT2D eigenvalue weighted by Gasteiger charge is 2.18. The van der Waals surface area contributed by atoms with E-state index in [2.05, 4.69) is 37.1 Å². The van der Waals surface area contributed by atoms with Crippen LogP contribution >= 0.6 is 15.9 Å². The van der Waals surface area contributed by atoms with Gasteiger partial charge in [-0.25, -0.2) is 9.97 Å². The number of aryl methyl sites for hydroxylation is 2. The zero-order chi connectivity index (χ0) is 18.7. The molecule has 0 amide bonds. The van der Waals surface area contributed by atoms with E-state index in [-0.39, 0.29) is 12.5 Å². The van der Waals surface area contributed by atoms with E-state index >= 15 is 0 Å². The highest BCUT2D eigenvalue weighted by atomic mass is 79.9. The number of halogens is 1. The number of nitrogens with zero attached hydrogens (tertiary/aromatic N) is 4. The zero-order valence-corrected chi connectivity index (χ0v) is 16.7. The average Bonchev–Trinajstić information content (AvgIpc) is 2.87. The van der Waals surface area contributed by atoms with E-state index in [0.29, 0.717) is 4.60 Å². The Bertz CT molecular complexity index is 916. The van der Waals surface area contributed by atoms with Crippen molar-refractivity contribution in [3.05, 3.63) is 52.7 Å². The monoisotopic (exact) mass is 416 g/mol. The van der Waals surface area contributed by atoms with Crippen LogP contribution in [0.25, 0.3) is 10.9 Å². The molecule has 0 aliphatic rings. The molecule has 0 saturated carbocycles. The summed E-state index contributed by atoms with van der Waals surface area (Å²) in [7, 11) is 0. The van der Waals surface area contributed by atoms with Crippen molar-refractivity contribution in [1.29, 1.82) is 0 Å². The number of rotatable bonds is 5. The van der Waals surface area contributed by atoms with E-state index in [1.807, 2.05) is 39.0 Å². The third-order valence-corrected chi connectivity index (χ3v) is 4.31. The topological polar surface area (TPSA) is 69.9 Å². The maximum absolute atomic E-state index is 12.1. The molecule has 136 valence electrons. The first-order chi connectivity index (χ1) is 12.3. The Morgan fingerprint density at radius 3 is 2.62 bits per heavy atom. The smallest absolute Gasteiger partial charge is 0.328 e. The highest BCUT2D eigenvalue weighted by molar-refractivity contribution is 9.10. The molecule has 0 bridgehead atoms. The van der Waals surface area contributed by atoms with Crippen molar-refractivity contribution in [1.82, 2.24) is 19.7 Å². The van der Waals surface area contributed by atoms with Gasteiger partial charge in [-0.3, -0.25) is 9.48 Å². The maximum Gasteiger partial charge on any atom is 0.328 e. The van der Waals surface area contributed by atoms with E-state index in [1.54, 1.807) is 17.1 Å². The van der Waals surface area contributed by atoms with E-state index in [4.69, 9.17) is 4.74 Å². The fourth-order valence-corrected chi connectivity index (χ4v) is 3.18. The number of ether oxygens (including phenoxy) is 1. The van der Waals surface area contributed by atoms with Gasteiger partial charge in [0.2, 0.25) is 0 Å². The minimum absolute atomic E-state index is 0.0799. The molecule has 0 aliphatic heterocycles. The minimum Gasteiger partial charge on any atom is -0.459 e. The third kappa shape index (κ3) is 4.66. The van der Waals surface area contributed by atoms with Crippen LogP contribution in [-0.2, 0) is 28.9 Å². The van der Waals surface area contributed by atoms with Crippen LogP contribution in [0.5, 0.6) is 0 Å². The van der Waals surface area contributed by atoms with Gasteiger partial charge in [-0.15, -0.1) is 0 Å². The van der Waals surface area contributed by atoms with Crippen LogP contribution in [-0.4, -0.2) is 31.3 Å². The number of carbonyl (C=O) groups excluding carboxylic acids is 1. The predicted octanol–water partition coefficient (Wildman–Crippen LogP) is 3.72. The van der Waals surface area contributed by atoms with Gasteiger partial charge in [0, 0.05) is 24.2 Å². The van der Waals surface area contributed by atoms with Crippen molar-refractivity contribution in [2.24, 2.45) is 0 Å². The number of fused-ring (bicyclic) bond motifs is 1. The number of esters is 1. The molecule has 0 fully saturated rings. The average molecular weight is 417 g/mol. The molecule has 0 unspecified atom stereocenters. The molecule has 0 aliphatic carbocycles. The number of benzene rings is 1. The highest BCUT2D eigenvalue weighted by Crippen LogP contribution is 2.25. The van der Waals surface area contributed by atoms with Crippen LogP contribution < -0.4 is 0 Å². The summed E-state index contributed by atoms with van der Waals surface area (Å²) in [5.74, 6) is 0.520. The summed E-state index contributed by atoms with van der Waals surface area (Å²) in [5.41, 5.74) is 1.55. The van der Waals surface area contributed by atoms with Crippen LogP contribution in [0.3, 0.4) is 0 Å². The second kappa shape index (κ2) is 7.53. The standard InChI is InChI=1S/C19H21BrN4O2/c1-19(2,3)26-17(25)12-24-15-7-5-13(11-14(15)18(20)23-24)6-8-16-21-9-4-10-22-16/h4-5,7,9-11H,6,8,12H2,1-3H3. The van der Waals surface area contributed by atoms with E-state index in [0.717, 1.165) is 29.6 Å². The Morgan fingerprint density at radius 2 is 1.92 bits per heavy atom.